The number of ether oxygens (including phenoxy) is 1. The molecule has 148 valence electrons. The first-order chi connectivity index (χ1) is 12.8. The molecule has 1 aliphatic rings. The Kier molecular flexibility index (Phi) is 6.25. The van der Waals surface area contributed by atoms with E-state index in [9.17, 15) is 8.42 Å². The minimum absolute atomic E-state index is 0.0467. The maximum Gasteiger partial charge on any atom is 0.246 e. The second kappa shape index (κ2) is 8.31. The summed E-state index contributed by atoms with van der Waals surface area (Å²) in [6, 6.07) is 7.72. The molecule has 2 aromatic rings. The highest BCUT2D eigenvalue weighted by atomic mass is 35.5. The molecule has 1 aliphatic heterocycles. The molecule has 0 radical (unpaired) electrons. The van der Waals surface area contributed by atoms with Crippen molar-refractivity contribution in [1.82, 2.24) is 14.5 Å². The number of aromatic nitrogens is 2. The van der Waals surface area contributed by atoms with Crippen molar-refractivity contribution in [3.8, 4) is 0 Å². The van der Waals surface area contributed by atoms with Crippen LogP contribution in [0.2, 0.25) is 5.02 Å². The van der Waals surface area contributed by atoms with Gasteiger partial charge in [-0.2, -0.15) is 9.40 Å². The van der Waals surface area contributed by atoms with Crippen molar-refractivity contribution in [2.45, 2.75) is 44.6 Å². The number of aromatic amines is 1. The zero-order chi connectivity index (χ0) is 19.6. The Bertz CT molecular complexity index is 853. The summed E-state index contributed by atoms with van der Waals surface area (Å²) in [5, 5.41) is 7.49. The molecule has 1 atom stereocenters. The van der Waals surface area contributed by atoms with Gasteiger partial charge in [-0.25, -0.2) is 8.42 Å². The highest BCUT2D eigenvalue weighted by molar-refractivity contribution is 7.89. The quantitative estimate of drug-likeness (QED) is 0.783. The maximum atomic E-state index is 13.0. The third-order valence-electron chi connectivity index (χ3n) is 5.13. The van der Waals surface area contributed by atoms with E-state index in [1.54, 1.807) is 18.2 Å². The molecule has 8 heteroatoms. The van der Waals surface area contributed by atoms with Gasteiger partial charge in [-0.05, 0) is 57.2 Å². The molecule has 27 heavy (non-hydrogen) atoms. The highest BCUT2D eigenvalue weighted by Crippen LogP contribution is 2.36. The number of aryl methyl sites for hydroxylation is 2. The molecule has 0 spiro atoms. The predicted molar refractivity (Wildman–Crippen MR) is 105 cm³/mol. The van der Waals surface area contributed by atoms with E-state index < -0.39 is 10.0 Å². The fourth-order valence-electron chi connectivity index (χ4n) is 3.81. The van der Waals surface area contributed by atoms with E-state index >= 15 is 0 Å². The summed E-state index contributed by atoms with van der Waals surface area (Å²) in [5.41, 5.74) is 2.19. The Morgan fingerprint density at radius 2 is 1.89 bits per heavy atom. The first kappa shape index (κ1) is 20.3. The molecule has 0 saturated carbocycles. The van der Waals surface area contributed by atoms with Gasteiger partial charge < -0.3 is 4.74 Å². The van der Waals surface area contributed by atoms with Crippen LogP contribution in [0.3, 0.4) is 0 Å². The number of hydrogen-bond donors (Lipinski definition) is 1. The van der Waals surface area contributed by atoms with Gasteiger partial charge in [0, 0.05) is 24.7 Å². The molecule has 0 aliphatic carbocycles. The fourth-order valence-corrected chi connectivity index (χ4v) is 5.73. The summed E-state index contributed by atoms with van der Waals surface area (Å²) in [7, 11) is -3.53. The summed E-state index contributed by atoms with van der Waals surface area (Å²) >= 11 is 6.00. The van der Waals surface area contributed by atoms with Gasteiger partial charge >= 0.3 is 0 Å². The fraction of sp³-hybridized carbons (Fsp3) is 0.526. The number of rotatable bonds is 6. The van der Waals surface area contributed by atoms with Gasteiger partial charge in [-0.1, -0.05) is 23.7 Å². The smallest absolute Gasteiger partial charge is 0.246 e. The first-order valence-electron chi connectivity index (χ1n) is 9.23. The SMILES string of the molecule is CCOC(c1ccc(Cl)cc1)C1CCN(S(=O)(=O)c2c(C)n[nH]c2C)CC1. The van der Waals surface area contributed by atoms with Gasteiger partial charge in [0.1, 0.15) is 4.90 Å². The molecular weight excluding hydrogens is 386 g/mol. The summed E-state index contributed by atoms with van der Waals surface area (Å²) < 4.78 is 33.6. The van der Waals surface area contributed by atoms with Crippen molar-refractivity contribution in [1.29, 1.82) is 0 Å². The third kappa shape index (κ3) is 4.21. The number of sulfonamides is 1. The Labute approximate surface area is 165 Å². The normalized spacial score (nSPS) is 17.9. The van der Waals surface area contributed by atoms with Gasteiger partial charge in [0.05, 0.1) is 17.5 Å². The predicted octanol–water partition coefficient (Wildman–Crippen LogP) is 3.86. The standard InChI is InChI=1S/C19H26ClN3O3S/c1-4-26-18(15-5-7-17(20)8-6-15)16-9-11-23(12-10-16)27(24,25)19-13(2)21-22-14(19)3/h5-8,16,18H,4,9-12H2,1-3H3,(H,21,22). The van der Waals surface area contributed by atoms with Crippen molar-refractivity contribution in [3.05, 3.63) is 46.2 Å². The lowest BCUT2D eigenvalue weighted by Gasteiger charge is -2.35. The largest absolute Gasteiger partial charge is 0.374 e. The molecule has 1 N–H and O–H groups in total. The van der Waals surface area contributed by atoms with Crippen LogP contribution in [-0.4, -0.2) is 42.6 Å². The van der Waals surface area contributed by atoms with E-state index in [1.807, 2.05) is 31.2 Å². The van der Waals surface area contributed by atoms with Gasteiger partial charge in [0.25, 0.3) is 0 Å². The number of nitrogens with one attached hydrogen (secondary N) is 1. The number of benzene rings is 1. The summed E-state index contributed by atoms with van der Waals surface area (Å²) in [6.07, 6.45) is 1.46. The summed E-state index contributed by atoms with van der Waals surface area (Å²) in [4.78, 5) is 0.306. The minimum Gasteiger partial charge on any atom is -0.374 e. The maximum absolute atomic E-state index is 13.0. The number of H-pyrrole nitrogens is 1. The molecule has 1 saturated heterocycles. The van der Waals surface area contributed by atoms with Crippen molar-refractivity contribution < 1.29 is 13.2 Å². The minimum atomic E-state index is -3.53. The lowest BCUT2D eigenvalue weighted by molar-refractivity contribution is 0.00200. The number of nitrogens with zero attached hydrogens (tertiary/aromatic N) is 2. The molecule has 6 nitrogen and oxygen atoms in total. The summed E-state index contributed by atoms with van der Waals surface area (Å²) in [6.45, 7) is 7.01. The molecule has 0 amide bonds. The first-order valence-corrected chi connectivity index (χ1v) is 11.0. The monoisotopic (exact) mass is 411 g/mol. The zero-order valence-corrected chi connectivity index (χ0v) is 17.5. The summed E-state index contributed by atoms with van der Waals surface area (Å²) in [5.74, 6) is 0.268. The van der Waals surface area contributed by atoms with Gasteiger partial charge in [0.2, 0.25) is 10.0 Å². The second-order valence-corrected chi connectivity index (χ2v) is 9.24. The van der Waals surface area contributed by atoms with Crippen molar-refractivity contribution in [2.75, 3.05) is 19.7 Å². The van der Waals surface area contributed by atoms with E-state index in [2.05, 4.69) is 10.2 Å². The van der Waals surface area contributed by atoms with Crippen LogP contribution < -0.4 is 0 Å². The van der Waals surface area contributed by atoms with E-state index in [1.165, 1.54) is 0 Å². The van der Waals surface area contributed by atoms with E-state index in [0.717, 1.165) is 18.4 Å². The van der Waals surface area contributed by atoms with E-state index in [-0.39, 0.29) is 12.0 Å². The van der Waals surface area contributed by atoms with Crippen LogP contribution in [0.15, 0.2) is 29.2 Å². The van der Waals surface area contributed by atoms with Gasteiger partial charge in [-0.3, -0.25) is 5.10 Å². The third-order valence-corrected chi connectivity index (χ3v) is 7.54. The molecule has 0 bridgehead atoms. The van der Waals surface area contributed by atoms with Crippen LogP contribution in [-0.2, 0) is 14.8 Å². The number of piperidine rings is 1. The van der Waals surface area contributed by atoms with Crippen LogP contribution >= 0.6 is 11.6 Å². The topological polar surface area (TPSA) is 75.3 Å². The highest BCUT2D eigenvalue weighted by Gasteiger charge is 2.35. The molecule has 1 aromatic carbocycles. The Morgan fingerprint density at radius 3 is 2.41 bits per heavy atom. The zero-order valence-electron chi connectivity index (χ0n) is 15.9. The van der Waals surface area contributed by atoms with E-state index in [4.69, 9.17) is 16.3 Å². The Hall–Kier alpha value is -1.41. The van der Waals surface area contributed by atoms with Crippen LogP contribution in [0.25, 0.3) is 0 Å². The van der Waals surface area contributed by atoms with E-state index in [0.29, 0.717) is 41.0 Å². The molecule has 3 rings (SSSR count). The Balaban J connectivity index is 1.74. The van der Waals surface area contributed by atoms with Crippen LogP contribution in [0.5, 0.6) is 0 Å². The van der Waals surface area contributed by atoms with Crippen LogP contribution in [0.1, 0.15) is 42.8 Å². The van der Waals surface area contributed by atoms with Crippen LogP contribution in [0, 0.1) is 19.8 Å². The lowest BCUT2D eigenvalue weighted by Crippen LogP contribution is -2.40. The van der Waals surface area contributed by atoms with Crippen molar-refractivity contribution >= 4 is 21.6 Å². The van der Waals surface area contributed by atoms with Gasteiger partial charge in [0.15, 0.2) is 0 Å². The van der Waals surface area contributed by atoms with Crippen molar-refractivity contribution in [3.63, 3.8) is 0 Å². The lowest BCUT2D eigenvalue weighted by atomic mass is 9.88. The van der Waals surface area contributed by atoms with Crippen molar-refractivity contribution in [2.24, 2.45) is 5.92 Å². The molecule has 1 aromatic heterocycles. The van der Waals surface area contributed by atoms with Crippen LogP contribution in [0.4, 0.5) is 0 Å². The number of halogens is 1. The molecule has 2 heterocycles. The molecule has 1 unspecified atom stereocenters. The molecule has 1 fully saturated rings. The number of hydrogen-bond acceptors (Lipinski definition) is 4. The molecular formula is C19H26ClN3O3S. The second-order valence-electron chi connectivity index (χ2n) is 6.93. The van der Waals surface area contributed by atoms with Gasteiger partial charge in [-0.15, -0.1) is 0 Å². The Morgan fingerprint density at radius 1 is 1.26 bits per heavy atom. The average molecular weight is 412 g/mol. The average Bonchev–Trinajstić information content (AvgIpc) is 3.00.